The number of hydrogen-bond acceptors (Lipinski definition) is 6. The Balaban J connectivity index is 0.00000468. The molecule has 0 spiro atoms. The second kappa shape index (κ2) is 15.9. The topological polar surface area (TPSA) is 73.2 Å². The van der Waals surface area contributed by atoms with Gasteiger partial charge >= 0.3 is 0 Å². The molecule has 0 N–H and O–H groups in total. The molecular formula is C37H43F2IN4O5. The van der Waals surface area contributed by atoms with E-state index in [0.29, 0.717) is 35.1 Å². The molecule has 0 unspecified atom stereocenters. The first kappa shape index (κ1) is 36.5. The number of quaternary nitrogens is 1. The predicted molar refractivity (Wildman–Crippen MR) is 182 cm³/mol. The Morgan fingerprint density at radius 3 is 2.10 bits per heavy atom. The number of halogens is 3. The largest absolute Gasteiger partial charge is 1.00 e. The lowest BCUT2D eigenvalue weighted by Crippen LogP contribution is -3.00. The van der Waals surface area contributed by atoms with Crippen LogP contribution in [-0.2, 0) is 0 Å². The molecule has 49 heavy (non-hydrogen) atoms. The number of ether oxygens (including phenoxy) is 3. The van der Waals surface area contributed by atoms with Gasteiger partial charge in [-0.25, -0.2) is 8.78 Å². The Kier molecular flexibility index (Phi) is 11.8. The highest BCUT2D eigenvalue weighted by Crippen LogP contribution is 2.30. The summed E-state index contributed by atoms with van der Waals surface area (Å²) in [6, 6.07) is 13.2. The lowest BCUT2D eigenvalue weighted by Gasteiger charge is -2.50. The summed E-state index contributed by atoms with van der Waals surface area (Å²) in [6.45, 7) is 9.40. The van der Waals surface area contributed by atoms with Crippen LogP contribution in [-0.4, -0.2) is 93.5 Å². The van der Waals surface area contributed by atoms with Crippen LogP contribution in [0.5, 0.6) is 17.2 Å². The maximum absolute atomic E-state index is 14.0. The molecule has 4 aromatic rings. The number of carbonyl (C=O) groups excluding carboxylic acids is 1. The average Bonchev–Trinajstić information content (AvgIpc) is 3.10. The van der Waals surface area contributed by atoms with Crippen LogP contribution in [0.15, 0.2) is 65.6 Å². The molecule has 1 aromatic heterocycles. The van der Waals surface area contributed by atoms with E-state index in [1.54, 1.807) is 41.0 Å². The number of benzene rings is 3. The summed E-state index contributed by atoms with van der Waals surface area (Å²) in [4.78, 5) is 31.1. The average molecular weight is 789 g/mol. The Morgan fingerprint density at radius 1 is 0.837 bits per heavy atom. The van der Waals surface area contributed by atoms with Crippen LogP contribution >= 0.6 is 0 Å². The number of aromatic nitrogens is 1. The maximum Gasteiger partial charge on any atom is 0.263 e. The molecule has 3 saturated heterocycles. The van der Waals surface area contributed by atoms with Crippen molar-refractivity contribution in [2.24, 2.45) is 0 Å². The van der Waals surface area contributed by atoms with Crippen molar-refractivity contribution >= 4 is 22.5 Å². The number of nitrogens with zero attached hydrogens (tertiary/aromatic N) is 4. The SMILES string of the molecule is COc1cc(OC)cc(-n2cc(C(=O)N(C)c3cc(F)cc(F)c3)c(=O)c3ccc(OCCCCCC[N+]45CCN(CC4)CC5)cc32)c1.[I-]. The number of anilines is 1. The number of hydrogen-bond donors (Lipinski definition) is 0. The van der Waals surface area contributed by atoms with Crippen molar-refractivity contribution < 1.29 is 56.2 Å². The number of methoxy groups -OCH3 is 2. The van der Waals surface area contributed by atoms with Crippen molar-refractivity contribution in [1.82, 2.24) is 9.47 Å². The van der Waals surface area contributed by atoms with Gasteiger partial charge in [0, 0.05) is 74.3 Å². The van der Waals surface area contributed by atoms with E-state index in [4.69, 9.17) is 14.2 Å². The molecule has 2 bridgehead atoms. The summed E-state index contributed by atoms with van der Waals surface area (Å²) < 4.78 is 48.1. The van der Waals surface area contributed by atoms with Crippen molar-refractivity contribution in [2.75, 3.05) is 78.6 Å². The molecule has 0 saturated carbocycles. The molecule has 3 fully saturated rings. The fourth-order valence-electron chi connectivity index (χ4n) is 6.88. The zero-order valence-corrected chi connectivity index (χ0v) is 30.4. The summed E-state index contributed by atoms with van der Waals surface area (Å²) in [5.74, 6) is -0.766. The fourth-order valence-corrected chi connectivity index (χ4v) is 6.88. The Bertz CT molecular complexity index is 1800. The van der Waals surface area contributed by atoms with Crippen molar-refractivity contribution in [3.63, 3.8) is 0 Å². The Hall–Kier alpha value is -3.75. The van der Waals surface area contributed by atoms with Crippen LogP contribution in [0.1, 0.15) is 36.0 Å². The summed E-state index contributed by atoms with van der Waals surface area (Å²) in [6.07, 6.45) is 5.85. The summed E-state index contributed by atoms with van der Waals surface area (Å²) in [5.41, 5.74) is 0.371. The number of amides is 1. The number of rotatable bonds is 13. The van der Waals surface area contributed by atoms with Crippen molar-refractivity contribution in [1.29, 1.82) is 0 Å². The molecule has 7 rings (SSSR count). The van der Waals surface area contributed by atoms with Crippen molar-refractivity contribution in [3.8, 4) is 22.9 Å². The number of carbonyl (C=O) groups is 1. The van der Waals surface area contributed by atoms with E-state index in [1.807, 2.05) is 0 Å². The van der Waals surface area contributed by atoms with Gasteiger partial charge in [0.25, 0.3) is 5.91 Å². The molecule has 1 amide bonds. The standard InChI is InChI=1S/C37H43F2N4O5.HI/c1-40(28-19-26(38)18-27(39)20-28)37(45)34-25-42(29-21-31(46-2)23-32(22-29)47-3)35-24-30(8-9-33(35)36(34)44)48-17-7-5-4-6-13-43-14-10-41(11-15-43)12-16-43;/h8-9,18-25H,4-7,10-17H2,1-3H3;1H/q+1;/p-1. The van der Waals surface area contributed by atoms with E-state index in [9.17, 15) is 18.4 Å². The normalized spacial score (nSPS) is 18.2. The van der Waals surface area contributed by atoms with Crippen LogP contribution in [0.3, 0.4) is 0 Å². The van der Waals surface area contributed by atoms with Crippen LogP contribution in [0.2, 0.25) is 0 Å². The van der Waals surface area contributed by atoms with Crippen molar-refractivity contribution in [2.45, 2.75) is 25.7 Å². The van der Waals surface area contributed by atoms with E-state index in [0.717, 1.165) is 35.9 Å². The maximum atomic E-state index is 14.0. The van der Waals surface area contributed by atoms with Gasteiger partial charge in [0.2, 0.25) is 5.43 Å². The molecule has 9 nitrogen and oxygen atoms in total. The number of fused-ring (bicyclic) bond motifs is 4. The fraction of sp³-hybridized carbons (Fsp3) is 0.405. The first-order chi connectivity index (χ1) is 23.2. The van der Waals surface area contributed by atoms with Gasteiger partial charge in [-0.3, -0.25) is 14.5 Å². The third-order valence-electron chi connectivity index (χ3n) is 9.83. The van der Waals surface area contributed by atoms with Gasteiger partial charge in [-0.15, -0.1) is 0 Å². The monoisotopic (exact) mass is 788 g/mol. The highest BCUT2D eigenvalue weighted by atomic mass is 127. The van der Waals surface area contributed by atoms with Gasteiger partial charge in [0.15, 0.2) is 0 Å². The summed E-state index contributed by atoms with van der Waals surface area (Å²) in [7, 11) is 4.44. The van der Waals surface area contributed by atoms with Gasteiger partial charge < -0.3 is 52.1 Å². The lowest BCUT2D eigenvalue weighted by atomic mass is 10.1. The van der Waals surface area contributed by atoms with Gasteiger partial charge in [-0.2, -0.15) is 0 Å². The van der Waals surface area contributed by atoms with Gasteiger partial charge in [0.05, 0.1) is 58.2 Å². The third-order valence-corrected chi connectivity index (χ3v) is 9.83. The van der Waals surface area contributed by atoms with Crippen LogP contribution in [0, 0.1) is 11.6 Å². The highest BCUT2D eigenvalue weighted by molar-refractivity contribution is 6.07. The highest BCUT2D eigenvalue weighted by Gasteiger charge is 2.37. The minimum Gasteiger partial charge on any atom is -1.00 e. The molecule has 12 heteroatoms. The minimum absolute atomic E-state index is 0. The Labute approximate surface area is 302 Å². The third kappa shape index (κ3) is 8.18. The molecule has 3 aliphatic heterocycles. The van der Waals surface area contributed by atoms with Gasteiger partial charge in [0.1, 0.15) is 34.4 Å². The van der Waals surface area contributed by atoms with Crippen LogP contribution < -0.4 is 48.5 Å². The van der Waals surface area contributed by atoms with E-state index in [1.165, 1.54) is 90.6 Å². The molecule has 4 heterocycles. The van der Waals surface area contributed by atoms with E-state index >= 15 is 0 Å². The molecule has 262 valence electrons. The quantitative estimate of drug-likeness (QED) is 0.118. The van der Waals surface area contributed by atoms with E-state index < -0.39 is 23.0 Å². The van der Waals surface area contributed by atoms with Crippen molar-refractivity contribution in [3.05, 3.63) is 88.2 Å². The second-order valence-corrected chi connectivity index (χ2v) is 12.8. The zero-order valence-electron chi connectivity index (χ0n) is 28.2. The molecular weight excluding hydrogens is 745 g/mol. The number of unbranched alkanes of at least 4 members (excludes halogenated alkanes) is 3. The molecule has 0 aliphatic carbocycles. The zero-order chi connectivity index (χ0) is 33.8. The molecule has 3 aromatic carbocycles. The summed E-state index contributed by atoms with van der Waals surface area (Å²) >= 11 is 0. The Morgan fingerprint density at radius 2 is 1.47 bits per heavy atom. The van der Waals surface area contributed by atoms with Gasteiger partial charge in [-0.05, 0) is 49.9 Å². The second-order valence-electron chi connectivity index (χ2n) is 12.8. The number of piperazine rings is 3. The van der Waals surface area contributed by atoms with Crippen LogP contribution in [0.4, 0.5) is 14.5 Å². The smallest absolute Gasteiger partial charge is 0.263 e. The molecule has 0 atom stereocenters. The molecule has 0 radical (unpaired) electrons. The van der Waals surface area contributed by atoms with E-state index in [2.05, 4.69) is 4.90 Å². The molecule has 3 aliphatic rings. The predicted octanol–water partition coefficient (Wildman–Crippen LogP) is 2.65. The minimum atomic E-state index is -0.833. The number of pyridine rings is 1. The van der Waals surface area contributed by atoms with Gasteiger partial charge in [-0.1, -0.05) is 0 Å². The summed E-state index contributed by atoms with van der Waals surface area (Å²) in [5, 5.41) is 0.278. The van der Waals surface area contributed by atoms with Crippen LogP contribution in [0.25, 0.3) is 16.6 Å². The first-order valence-electron chi connectivity index (χ1n) is 16.6. The first-order valence-corrected chi connectivity index (χ1v) is 16.6. The van der Waals surface area contributed by atoms with E-state index in [-0.39, 0.29) is 40.6 Å². The lowest BCUT2D eigenvalue weighted by molar-refractivity contribution is -0.941.